The number of ether oxygens (including phenoxy) is 2. The summed E-state index contributed by atoms with van der Waals surface area (Å²) in [4.78, 5) is 13.0. The van der Waals surface area contributed by atoms with Crippen LogP contribution in [0.4, 0.5) is 0 Å². The van der Waals surface area contributed by atoms with Gasteiger partial charge in [-0.2, -0.15) is 8.42 Å². The van der Waals surface area contributed by atoms with E-state index in [9.17, 15) is 38.2 Å². The van der Waals surface area contributed by atoms with Gasteiger partial charge in [0, 0.05) is 6.42 Å². The Morgan fingerprint density at radius 3 is 1.48 bits per heavy atom. The molecule has 0 aliphatic carbocycles. The van der Waals surface area contributed by atoms with Gasteiger partial charge in [0.25, 0.3) is 0 Å². The number of nitrogens with one attached hydrogen (secondary N) is 1. The summed E-state index contributed by atoms with van der Waals surface area (Å²) in [5, 5.41) is 44.7. The Hall–Kier alpha value is -1.42. The van der Waals surface area contributed by atoms with Crippen LogP contribution in [-0.2, 0) is 28.9 Å². The molecule has 0 saturated carbocycles. The quantitative estimate of drug-likeness (QED) is 0.0194. The van der Waals surface area contributed by atoms with E-state index in [0.717, 1.165) is 38.5 Å². The molecule has 0 aromatic carbocycles. The van der Waals surface area contributed by atoms with Gasteiger partial charge in [0.15, 0.2) is 6.29 Å². The fourth-order valence-electron chi connectivity index (χ4n) is 7.86. The molecule has 0 radical (unpaired) electrons. The molecule has 0 spiro atoms. The van der Waals surface area contributed by atoms with Gasteiger partial charge in [-0.05, 0) is 44.9 Å². The third-order valence-corrected chi connectivity index (χ3v) is 12.2. The minimum atomic E-state index is -5.08. The fraction of sp³-hybridized carbons (Fsp3) is 0.896. The Bertz CT molecular complexity index is 1190. The third-order valence-electron chi connectivity index (χ3n) is 11.7. The smallest absolute Gasteiger partial charge is 0.394 e. The molecule has 7 atom stereocenters. The van der Waals surface area contributed by atoms with E-state index in [1.54, 1.807) is 6.08 Å². The van der Waals surface area contributed by atoms with E-state index in [0.29, 0.717) is 6.42 Å². The molecule has 360 valence electrons. The first-order chi connectivity index (χ1) is 29.5. The number of aliphatic hydroxyl groups is 4. The molecular weight excluding hydrogens is 799 g/mol. The molecule has 13 heteroatoms. The highest BCUT2D eigenvalue weighted by molar-refractivity contribution is 7.80. The Morgan fingerprint density at radius 2 is 1.05 bits per heavy atom. The maximum Gasteiger partial charge on any atom is 0.397 e. The second kappa shape index (κ2) is 39.0. The summed E-state index contributed by atoms with van der Waals surface area (Å²) in [6.45, 7) is 3.38. The van der Waals surface area contributed by atoms with Crippen LogP contribution in [0.2, 0.25) is 0 Å². The van der Waals surface area contributed by atoms with Crippen LogP contribution in [0.25, 0.3) is 0 Å². The van der Waals surface area contributed by atoms with Gasteiger partial charge in [-0.25, -0.2) is 4.18 Å². The Kier molecular flexibility index (Phi) is 36.8. The third kappa shape index (κ3) is 32.0. The van der Waals surface area contributed by atoms with Crippen molar-refractivity contribution in [3.8, 4) is 0 Å². The second-order valence-corrected chi connectivity index (χ2v) is 18.4. The van der Waals surface area contributed by atoms with Crippen molar-refractivity contribution in [2.75, 3.05) is 13.2 Å². The summed E-state index contributed by atoms with van der Waals surface area (Å²) in [7, 11) is -5.08. The number of amides is 1. The molecule has 1 aliphatic rings. The van der Waals surface area contributed by atoms with Crippen molar-refractivity contribution < 1.29 is 51.8 Å². The van der Waals surface area contributed by atoms with Crippen LogP contribution in [-0.4, -0.2) is 95.4 Å². The lowest BCUT2D eigenvalue weighted by atomic mass is 9.99. The van der Waals surface area contributed by atoms with Gasteiger partial charge in [-0.3, -0.25) is 9.35 Å². The van der Waals surface area contributed by atoms with Gasteiger partial charge in [-0.1, -0.05) is 192 Å². The van der Waals surface area contributed by atoms with Crippen LogP contribution < -0.4 is 5.32 Å². The lowest BCUT2D eigenvalue weighted by Crippen LogP contribution is -2.61. The molecule has 6 N–H and O–H groups in total. The first kappa shape index (κ1) is 57.6. The molecule has 1 fully saturated rings. The van der Waals surface area contributed by atoms with Gasteiger partial charge in [-0.15, -0.1) is 0 Å². The van der Waals surface area contributed by atoms with E-state index in [-0.39, 0.29) is 18.9 Å². The molecule has 12 nitrogen and oxygen atoms in total. The summed E-state index contributed by atoms with van der Waals surface area (Å²) in [5.41, 5.74) is 0. The van der Waals surface area contributed by atoms with Crippen LogP contribution in [0.5, 0.6) is 0 Å². The predicted octanol–water partition coefficient (Wildman–Crippen LogP) is 10.1. The largest absolute Gasteiger partial charge is 0.397 e. The lowest BCUT2D eigenvalue weighted by molar-refractivity contribution is -0.298. The molecule has 1 aliphatic heterocycles. The van der Waals surface area contributed by atoms with E-state index < -0.39 is 59.9 Å². The molecule has 61 heavy (non-hydrogen) atoms. The van der Waals surface area contributed by atoms with E-state index in [1.165, 1.54) is 154 Å². The van der Waals surface area contributed by atoms with E-state index in [2.05, 4.69) is 35.5 Å². The normalized spacial score (nSPS) is 20.8. The highest BCUT2D eigenvalue weighted by Gasteiger charge is 2.48. The van der Waals surface area contributed by atoms with E-state index >= 15 is 0 Å². The molecule has 3 unspecified atom stereocenters. The number of rotatable bonds is 42. The zero-order valence-electron chi connectivity index (χ0n) is 38.5. The van der Waals surface area contributed by atoms with Crippen molar-refractivity contribution in [3.63, 3.8) is 0 Å². The summed E-state index contributed by atoms with van der Waals surface area (Å²) >= 11 is 0. The van der Waals surface area contributed by atoms with Gasteiger partial charge < -0.3 is 35.2 Å². The maximum absolute atomic E-state index is 13.0. The minimum Gasteiger partial charge on any atom is -0.394 e. The number of unbranched alkanes of at least 4 members (excludes halogenated alkanes) is 28. The topological polar surface area (TPSA) is 192 Å². The predicted molar refractivity (Wildman–Crippen MR) is 245 cm³/mol. The number of carbonyl (C=O) groups excluding carboxylic acids is 1. The molecule has 1 rings (SSSR count). The number of allylic oxidation sites excluding steroid dienone is 3. The van der Waals surface area contributed by atoms with Crippen molar-refractivity contribution in [1.29, 1.82) is 0 Å². The summed E-state index contributed by atoms with van der Waals surface area (Å²) < 4.78 is 47.6. The summed E-state index contributed by atoms with van der Waals surface area (Å²) in [6, 6.07) is -0.941. The highest BCUT2D eigenvalue weighted by Crippen LogP contribution is 2.26. The van der Waals surface area contributed by atoms with Crippen LogP contribution in [0, 0.1) is 0 Å². The van der Waals surface area contributed by atoms with Crippen molar-refractivity contribution in [2.45, 2.75) is 262 Å². The zero-order valence-corrected chi connectivity index (χ0v) is 39.3. The second-order valence-electron chi connectivity index (χ2n) is 17.4. The van der Waals surface area contributed by atoms with Gasteiger partial charge >= 0.3 is 10.4 Å². The average Bonchev–Trinajstić information content (AvgIpc) is 3.23. The minimum absolute atomic E-state index is 0.263. The fourth-order valence-corrected chi connectivity index (χ4v) is 8.37. The molecule has 1 amide bonds. The van der Waals surface area contributed by atoms with Crippen LogP contribution in [0.15, 0.2) is 24.3 Å². The van der Waals surface area contributed by atoms with Gasteiger partial charge in [0.05, 0.1) is 25.4 Å². The number of carbonyl (C=O) groups is 1. The Morgan fingerprint density at radius 1 is 0.639 bits per heavy atom. The lowest BCUT2D eigenvalue weighted by Gasteiger charge is -2.41. The van der Waals surface area contributed by atoms with Crippen molar-refractivity contribution in [3.05, 3.63) is 24.3 Å². The summed E-state index contributed by atoms with van der Waals surface area (Å²) in [6.07, 6.45) is 36.4. The zero-order chi connectivity index (χ0) is 44.8. The first-order valence-corrected chi connectivity index (χ1v) is 26.1. The number of hydrogen-bond donors (Lipinski definition) is 6. The van der Waals surface area contributed by atoms with Crippen LogP contribution in [0.3, 0.4) is 0 Å². The number of aliphatic hydroxyl groups excluding tert-OH is 4. The van der Waals surface area contributed by atoms with Gasteiger partial charge in [0.2, 0.25) is 5.91 Å². The monoisotopic (exact) mass is 890 g/mol. The Labute approximate surface area is 372 Å². The van der Waals surface area contributed by atoms with E-state index in [1.807, 2.05) is 6.08 Å². The first-order valence-electron chi connectivity index (χ1n) is 24.7. The molecule has 1 saturated heterocycles. The molecular formula is C48H91NO11S. The molecule has 0 aromatic heterocycles. The average molecular weight is 890 g/mol. The Balaban J connectivity index is 2.44. The van der Waals surface area contributed by atoms with E-state index in [4.69, 9.17) is 9.47 Å². The maximum atomic E-state index is 13.0. The van der Waals surface area contributed by atoms with Crippen molar-refractivity contribution in [2.24, 2.45) is 0 Å². The van der Waals surface area contributed by atoms with Gasteiger partial charge in [0.1, 0.15) is 24.4 Å². The molecule has 0 bridgehead atoms. The van der Waals surface area contributed by atoms with Crippen molar-refractivity contribution >= 4 is 16.3 Å². The number of hydrogen-bond acceptors (Lipinski definition) is 10. The molecule has 0 aromatic rings. The highest BCUT2D eigenvalue weighted by atomic mass is 32.3. The SMILES string of the molecule is CCCCCCCC/C=C\CCCCCCCCCCCCCC(=O)N[C@@H](CO[C@H]1OC(CO)C(O)[C@H](OS(=O)(=O)O)C1O)[C@H](O)/C=C/CCCCCCCCCCCCC. The van der Waals surface area contributed by atoms with Crippen LogP contribution in [0.1, 0.15) is 219 Å². The van der Waals surface area contributed by atoms with Crippen LogP contribution >= 0.6 is 0 Å². The standard InChI is InChI=1S/C48H91NO11S/c1-3-5-7-9-11-13-15-17-18-19-20-21-22-23-24-26-28-30-32-34-36-38-44(52)49-41(42(51)37-35-33-31-29-27-25-16-14-12-10-8-6-4-2)40-58-48-46(54)47(60-61(55,56)57)45(53)43(39-50)59-48/h17-18,35,37,41-43,45-48,50-51,53-54H,3-16,19-34,36,38-40H2,1-2H3,(H,49,52)(H,55,56,57)/b18-17-,37-35+/t41-,42+,43?,45?,46?,47-,48-/m0/s1. The molecule has 1 heterocycles. The summed E-state index contributed by atoms with van der Waals surface area (Å²) in [5.74, 6) is -0.263. The van der Waals surface area contributed by atoms with Crippen molar-refractivity contribution in [1.82, 2.24) is 5.32 Å².